The molecule has 0 bridgehead atoms. The van der Waals surface area contributed by atoms with Gasteiger partial charge in [-0.05, 0) is 0 Å². The molecule has 0 spiro atoms. The first-order valence-corrected chi connectivity index (χ1v) is 16.2. The molecule has 0 aliphatic heterocycles. The Morgan fingerprint density at radius 1 is 0.952 bits per heavy atom. The first kappa shape index (κ1) is 18.8. The number of methoxy groups -OCH3 is 1. The Morgan fingerprint density at radius 3 is 1.90 bits per heavy atom. The summed E-state index contributed by atoms with van der Waals surface area (Å²) in [7, 11) is 1.80. The first-order chi connectivity index (χ1) is 10.2. The number of pyridine rings is 1. The number of hydrogen-bond acceptors (Lipinski definition) is 2. The average molecular weight is 398 g/mol. The first-order valence-electron chi connectivity index (χ1n) is 8.72. The van der Waals surface area contributed by atoms with Gasteiger partial charge in [0.25, 0.3) is 0 Å². The van der Waals surface area contributed by atoms with Gasteiger partial charge in [0.05, 0.1) is 0 Å². The fourth-order valence-electron chi connectivity index (χ4n) is 3.31. The second-order valence-corrected chi connectivity index (χ2v) is 19.3. The molecule has 1 rings (SSSR count). The number of unbranched alkanes of at least 4 members (excludes halogenated alkanes) is 3. The maximum atomic E-state index is 5.68. The Kier molecular flexibility index (Phi) is 9.37. The van der Waals surface area contributed by atoms with Crippen molar-refractivity contribution >= 4 is 22.0 Å². The van der Waals surface area contributed by atoms with Crippen LogP contribution in [-0.2, 0) is 0 Å². The predicted octanol–water partition coefficient (Wildman–Crippen LogP) is 5.15. The summed E-state index contributed by atoms with van der Waals surface area (Å²) in [5, 5.41) is 0. The molecule has 21 heavy (non-hydrogen) atoms. The van der Waals surface area contributed by atoms with Crippen LogP contribution in [0.3, 0.4) is 0 Å². The topological polar surface area (TPSA) is 22.1 Å². The molecule has 3 heteroatoms. The minimum absolute atomic E-state index is 1.07. The summed E-state index contributed by atoms with van der Waals surface area (Å²) >= 11 is -2.36. The van der Waals surface area contributed by atoms with Gasteiger partial charge in [0.15, 0.2) is 0 Å². The van der Waals surface area contributed by atoms with E-state index in [-0.39, 0.29) is 0 Å². The van der Waals surface area contributed by atoms with Gasteiger partial charge in [-0.1, -0.05) is 0 Å². The van der Waals surface area contributed by atoms with E-state index in [1.807, 2.05) is 12.4 Å². The molecule has 1 aromatic rings. The molecule has 0 saturated carbocycles. The van der Waals surface area contributed by atoms with Crippen molar-refractivity contribution < 1.29 is 4.74 Å². The van der Waals surface area contributed by atoms with E-state index in [2.05, 4.69) is 31.8 Å². The van der Waals surface area contributed by atoms with Crippen molar-refractivity contribution in [2.45, 2.75) is 72.6 Å². The van der Waals surface area contributed by atoms with Gasteiger partial charge in [-0.2, -0.15) is 0 Å². The quantitative estimate of drug-likeness (QED) is 0.482. The molecule has 0 amide bonds. The van der Waals surface area contributed by atoms with E-state index in [0.717, 1.165) is 5.75 Å². The fourth-order valence-corrected chi connectivity index (χ4v) is 19.8. The third-order valence-electron chi connectivity index (χ3n) is 4.60. The van der Waals surface area contributed by atoms with Crippen LogP contribution in [0.5, 0.6) is 5.75 Å². The molecular weight excluding hydrogens is 365 g/mol. The zero-order chi connectivity index (χ0) is 15.6. The SMILES string of the molecule is CCC[CH2][Sn]([CH2]CCC)([CH2]CCC)[c]1ccncc1OC. The second kappa shape index (κ2) is 10.5. The van der Waals surface area contributed by atoms with Crippen molar-refractivity contribution in [3.63, 3.8) is 0 Å². The van der Waals surface area contributed by atoms with E-state index in [1.165, 1.54) is 51.8 Å². The summed E-state index contributed by atoms with van der Waals surface area (Å²) in [6.07, 6.45) is 12.0. The number of rotatable bonds is 11. The van der Waals surface area contributed by atoms with Crippen molar-refractivity contribution in [3.05, 3.63) is 18.5 Å². The zero-order valence-corrected chi connectivity index (χ0v) is 17.3. The van der Waals surface area contributed by atoms with Gasteiger partial charge in [-0.3, -0.25) is 0 Å². The fraction of sp³-hybridized carbons (Fsp3) is 0.722. The van der Waals surface area contributed by atoms with Crippen LogP contribution in [-0.4, -0.2) is 30.5 Å². The predicted molar refractivity (Wildman–Crippen MR) is 95.3 cm³/mol. The van der Waals surface area contributed by atoms with E-state index < -0.39 is 18.4 Å². The molecule has 0 aliphatic carbocycles. The maximum absolute atomic E-state index is 5.68. The van der Waals surface area contributed by atoms with Gasteiger partial charge in [-0.15, -0.1) is 0 Å². The molecule has 0 atom stereocenters. The normalized spacial score (nSPS) is 11.6. The number of ether oxygens (including phenoxy) is 1. The number of hydrogen-bond donors (Lipinski definition) is 0. The third-order valence-corrected chi connectivity index (χ3v) is 20.3. The van der Waals surface area contributed by atoms with Crippen LogP contribution in [0, 0.1) is 0 Å². The van der Waals surface area contributed by atoms with Crippen LogP contribution >= 0.6 is 0 Å². The summed E-state index contributed by atoms with van der Waals surface area (Å²) in [6.45, 7) is 6.96. The molecule has 120 valence electrons. The standard InChI is InChI=1S/C6H6NO.3C4H9.Sn/c1-8-6-3-2-4-7-5-6;3*1-3-4-2;/h2,4-5H,1H3;3*1,3-4H2,2H3;. The average Bonchev–Trinajstić information content (AvgIpc) is 2.54. The van der Waals surface area contributed by atoms with E-state index in [4.69, 9.17) is 4.74 Å². The van der Waals surface area contributed by atoms with Gasteiger partial charge in [0, 0.05) is 0 Å². The molecule has 2 nitrogen and oxygen atoms in total. The van der Waals surface area contributed by atoms with Crippen LogP contribution in [0.2, 0.25) is 13.3 Å². The van der Waals surface area contributed by atoms with Crippen LogP contribution in [0.4, 0.5) is 0 Å². The Bertz CT molecular complexity index is 373. The minimum atomic E-state index is -2.36. The van der Waals surface area contributed by atoms with E-state index in [9.17, 15) is 0 Å². The number of nitrogens with zero attached hydrogens (tertiary/aromatic N) is 1. The molecule has 0 aromatic carbocycles. The monoisotopic (exact) mass is 399 g/mol. The molecule has 1 aromatic heterocycles. The molecule has 1 heterocycles. The molecule has 0 N–H and O–H groups in total. The van der Waals surface area contributed by atoms with Crippen molar-refractivity contribution in [2.24, 2.45) is 0 Å². The van der Waals surface area contributed by atoms with Crippen molar-refractivity contribution in [1.82, 2.24) is 4.98 Å². The van der Waals surface area contributed by atoms with E-state index in [1.54, 1.807) is 10.7 Å². The molecule has 0 saturated heterocycles. The summed E-state index contributed by atoms with van der Waals surface area (Å²) < 4.78 is 11.7. The van der Waals surface area contributed by atoms with Crippen molar-refractivity contribution in [1.29, 1.82) is 0 Å². The molecule has 0 radical (unpaired) electrons. The van der Waals surface area contributed by atoms with Crippen molar-refractivity contribution in [2.75, 3.05) is 7.11 Å². The summed E-state index contributed by atoms with van der Waals surface area (Å²) in [6, 6.07) is 2.29. The molecule has 0 unspecified atom stereocenters. The third kappa shape index (κ3) is 5.46. The number of aromatic nitrogens is 1. The van der Waals surface area contributed by atoms with E-state index in [0.29, 0.717) is 0 Å². The van der Waals surface area contributed by atoms with Crippen molar-refractivity contribution in [3.8, 4) is 5.75 Å². The Labute approximate surface area is 135 Å². The summed E-state index contributed by atoms with van der Waals surface area (Å²) in [5.41, 5.74) is 0. The van der Waals surface area contributed by atoms with Crippen LogP contribution in [0.15, 0.2) is 18.5 Å². The summed E-state index contributed by atoms with van der Waals surface area (Å²) in [4.78, 5) is 4.28. The van der Waals surface area contributed by atoms with Crippen LogP contribution in [0.25, 0.3) is 0 Å². The molecule has 0 aliphatic rings. The molecular formula is C18H33NOSn. The zero-order valence-electron chi connectivity index (χ0n) is 14.5. The van der Waals surface area contributed by atoms with E-state index >= 15 is 0 Å². The van der Waals surface area contributed by atoms with Gasteiger partial charge < -0.3 is 0 Å². The van der Waals surface area contributed by atoms with Crippen LogP contribution in [0.1, 0.15) is 59.3 Å². The van der Waals surface area contributed by atoms with Gasteiger partial charge in [0.2, 0.25) is 0 Å². The Morgan fingerprint density at radius 2 is 1.48 bits per heavy atom. The Balaban J connectivity index is 3.16. The summed E-state index contributed by atoms with van der Waals surface area (Å²) in [5.74, 6) is 1.07. The van der Waals surface area contributed by atoms with Crippen LogP contribution < -0.4 is 8.32 Å². The van der Waals surface area contributed by atoms with Gasteiger partial charge >= 0.3 is 136 Å². The van der Waals surface area contributed by atoms with Gasteiger partial charge in [-0.25, -0.2) is 0 Å². The molecule has 0 fully saturated rings. The Hall–Kier alpha value is -0.251. The second-order valence-electron chi connectivity index (χ2n) is 6.17. The van der Waals surface area contributed by atoms with Gasteiger partial charge in [0.1, 0.15) is 0 Å².